The van der Waals surface area contributed by atoms with Crippen molar-refractivity contribution in [3.8, 4) is 0 Å². The molecule has 0 unspecified atom stereocenters. The minimum absolute atomic E-state index is 0.0469. The van der Waals surface area contributed by atoms with Gasteiger partial charge in [-0.15, -0.1) is 0 Å². The number of nitrogen functional groups attached to an aromatic ring is 2. The van der Waals surface area contributed by atoms with E-state index >= 15 is 0 Å². The van der Waals surface area contributed by atoms with Crippen LogP contribution in [0.2, 0.25) is 0 Å². The fourth-order valence-corrected chi connectivity index (χ4v) is 6.17. The van der Waals surface area contributed by atoms with Crippen LogP contribution in [0.15, 0.2) is 0 Å². The molecule has 0 spiro atoms. The van der Waals surface area contributed by atoms with Crippen LogP contribution < -0.4 is 16.4 Å². The third-order valence-electron chi connectivity index (χ3n) is 8.25. The van der Waals surface area contributed by atoms with E-state index in [4.69, 9.17) is 11.5 Å². The van der Waals surface area contributed by atoms with Gasteiger partial charge in [-0.2, -0.15) is 15.0 Å². The number of nitrogens with zero attached hydrogens (tertiary/aromatic N) is 6. The maximum absolute atomic E-state index is 6.03. The Bertz CT molecular complexity index is 718. The summed E-state index contributed by atoms with van der Waals surface area (Å²) in [7, 11) is 4.47. The molecule has 8 heteroatoms. The highest BCUT2D eigenvalue weighted by molar-refractivity contribution is 5.43. The molecular weight excluding hydrogens is 388 g/mol. The van der Waals surface area contributed by atoms with Crippen molar-refractivity contribution in [3.05, 3.63) is 0 Å². The van der Waals surface area contributed by atoms with E-state index in [-0.39, 0.29) is 46.1 Å². The summed E-state index contributed by atoms with van der Waals surface area (Å²) in [5.74, 6) is 0.989. The first-order chi connectivity index (χ1) is 14.0. The lowest BCUT2D eigenvalue weighted by molar-refractivity contribution is -0.0313. The van der Waals surface area contributed by atoms with Gasteiger partial charge in [0.05, 0.1) is 0 Å². The van der Waals surface area contributed by atoms with Gasteiger partial charge < -0.3 is 16.4 Å². The van der Waals surface area contributed by atoms with Crippen molar-refractivity contribution >= 4 is 17.8 Å². The molecule has 2 aliphatic heterocycles. The molecule has 0 aromatic carbocycles. The molecule has 8 nitrogen and oxygen atoms in total. The van der Waals surface area contributed by atoms with Gasteiger partial charge in [-0.05, 0) is 95.2 Å². The van der Waals surface area contributed by atoms with E-state index in [2.05, 4.69) is 99.1 Å². The lowest BCUT2D eigenvalue weighted by Gasteiger charge is -2.60. The molecule has 2 fully saturated rings. The number of likely N-dealkylation sites (tertiary alicyclic amines) is 2. The van der Waals surface area contributed by atoms with Gasteiger partial charge in [-0.1, -0.05) is 0 Å². The van der Waals surface area contributed by atoms with E-state index in [1.165, 1.54) is 0 Å². The Balaban J connectivity index is 2.10. The second kappa shape index (κ2) is 7.44. The Morgan fingerprint density at radius 3 is 1.23 bits per heavy atom. The molecule has 2 saturated heterocycles. The molecule has 0 aliphatic carbocycles. The van der Waals surface area contributed by atoms with Gasteiger partial charge in [-0.3, -0.25) is 9.80 Å². The lowest BCUT2D eigenvalue weighted by atomic mass is 9.73. The highest BCUT2D eigenvalue weighted by atomic mass is 15.4. The number of rotatable bonds is 3. The van der Waals surface area contributed by atoms with Gasteiger partial charge in [0.2, 0.25) is 17.8 Å². The highest BCUT2D eigenvalue weighted by Crippen LogP contribution is 2.45. The van der Waals surface area contributed by atoms with E-state index in [0.29, 0.717) is 5.95 Å². The average molecular weight is 433 g/mol. The predicted molar refractivity (Wildman–Crippen MR) is 129 cm³/mol. The van der Waals surface area contributed by atoms with Crippen molar-refractivity contribution in [1.29, 1.82) is 0 Å². The van der Waals surface area contributed by atoms with Gasteiger partial charge in [-0.25, -0.2) is 0 Å². The highest BCUT2D eigenvalue weighted by Gasteiger charge is 2.50. The molecule has 2 aliphatic rings. The zero-order valence-electron chi connectivity index (χ0n) is 21.3. The topological polar surface area (TPSA) is 100 Å². The number of hydrogen-bond donors (Lipinski definition) is 2. The first-order valence-electron chi connectivity index (χ1n) is 11.5. The predicted octanol–water partition coefficient (Wildman–Crippen LogP) is 3.15. The molecule has 0 atom stereocenters. The number of hydrogen-bond acceptors (Lipinski definition) is 8. The van der Waals surface area contributed by atoms with Gasteiger partial charge in [0, 0.05) is 34.2 Å². The number of anilines is 3. The number of piperidine rings is 2. The van der Waals surface area contributed by atoms with E-state index in [1.54, 1.807) is 0 Å². The standard InChI is InChI=1S/C23H44N8/c1-20(2)11-15(12-21(3,4)29(20)9)31(19-27-17(24)26-18(25)28-19)16-13-22(5,6)30(10)23(7,8)14-16/h15-16H,11-14H2,1-10H3,(H4,24,25,26,27,28). The Morgan fingerprint density at radius 2 is 0.935 bits per heavy atom. The third-order valence-corrected chi connectivity index (χ3v) is 8.25. The molecule has 1 aromatic heterocycles. The smallest absolute Gasteiger partial charge is 0.232 e. The molecule has 4 N–H and O–H groups in total. The molecule has 0 saturated carbocycles. The maximum atomic E-state index is 6.03. The molecular formula is C23H44N8. The summed E-state index contributed by atoms with van der Waals surface area (Å²) in [5, 5.41) is 0. The van der Waals surface area contributed by atoms with Crippen molar-refractivity contribution in [2.45, 2.75) is 115 Å². The van der Waals surface area contributed by atoms with Crippen LogP contribution in [-0.2, 0) is 0 Å². The zero-order valence-corrected chi connectivity index (χ0v) is 21.3. The normalized spacial score (nSPS) is 26.6. The molecule has 3 rings (SSSR count). The van der Waals surface area contributed by atoms with Gasteiger partial charge in [0.1, 0.15) is 0 Å². The van der Waals surface area contributed by atoms with Crippen LogP contribution in [0.3, 0.4) is 0 Å². The van der Waals surface area contributed by atoms with Crippen LogP contribution in [0.25, 0.3) is 0 Å². The van der Waals surface area contributed by atoms with E-state index in [1.807, 2.05) is 0 Å². The molecule has 1 aromatic rings. The van der Waals surface area contributed by atoms with E-state index in [0.717, 1.165) is 25.7 Å². The van der Waals surface area contributed by atoms with Crippen LogP contribution in [-0.4, -0.2) is 73.1 Å². The van der Waals surface area contributed by atoms with Crippen LogP contribution in [0, 0.1) is 0 Å². The summed E-state index contributed by atoms with van der Waals surface area (Å²) in [6.45, 7) is 18.6. The Labute approximate surface area is 188 Å². The quantitative estimate of drug-likeness (QED) is 0.751. The average Bonchev–Trinajstić information content (AvgIpc) is 2.56. The summed E-state index contributed by atoms with van der Waals surface area (Å²) in [5.41, 5.74) is 12.2. The first-order valence-corrected chi connectivity index (χ1v) is 11.5. The van der Waals surface area contributed by atoms with Gasteiger partial charge in [0.15, 0.2) is 0 Å². The minimum Gasteiger partial charge on any atom is -0.368 e. The number of aromatic nitrogens is 3. The Kier molecular flexibility index (Phi) is 5.76. The third kappa shape index (κ3) is 4.46. The number of nitrogens with two attached hydrogens (primary N) is 2. The van der Waals surface area contributed by atoms with Crippen molar-refractivity contribution in [3.63, 3.8) is 0 Å². The minimum atomic E-state index is 0.0469. The first kappa shape index (κ1) is 24.0. The fraction of sp³-hybridized carbons (Fsp3) is 0.870. The van der Waals surface area contributed by atoms with Crippen molar-refractivity contribution in [2.24, 2.45) is 0 Å². The molecule has 0 amide bonds. The molecule has 0 bridgehead atoms. The van der Waals surface area contributed by atoms with Gasteiger partial charge in [0.25, 0.3) is 0 Å². The molecule has 3 heterocycles. The maximum Gasteiger partial charge on any atom is 0.232 e. The molecule has 0 radical (unpaired) electrons. The van der Waals surface area contributed by atoms with Crippen LogP contribution in [0.4, 0.5) is 17.8 Å². The summed E-state index contributed by atoms with van der Waals surface area (Å²) < 4.78 is 0. The monoisotopic (exact) mass is 432 g/mol. The summed E-state index contributed by atoms with van der Waals surface area (Å²) in [6.07, 6.45) is 4.08. The van der Waals surface area contributed by atoms with Crippen LogP contribution in [0.5, 0.6) is 0 Å². The van der Waals surface area contributed by atoms with Crippen LogP contribution >= 0.6 is 0 Å². The molecule has 31 heavy (non-hydrogen) atoms. The largest absolute Gasteiger partial charge is 0.368 e. The fourth-order valence-electron chi connectivity index (χ4n) is 6.17. The second-order valence-corrected chi connectivity index (χ2v) is 12.3. The van der Waals surface area contributed by atoms with E-state index in [9.17, 15) is 0 Å². The Morgan fingerprint density at radius 1 is 0.645 bits per heavy atom. The summed E-state index contributed by atoms with van der Waals surface area (Å²) >= 11 is 0. The van der Waals surface area contributed by atoms with Crippen LogP contribution in [0.1, 0.15) is 81.1 Å². The molecule has 176 valence electrons. The zero-order chi connectivity index (χ0) is 23.6. The summed E-state index contributed by atoms with van der Waals surface area (Å²) in [6, 6.07) is 0.560. The SMILES string of the molecule is CN1C(C)(C)CC(N(c2nc(N)nc(N)n2)C2CC(C)(C)N(C)C(C)(C)C2)CC1(C)C. The van der Waals surface area contributed by atoms with Crippen molar-refractivity contribution < 1.29 is 0 Å². The Hall–Kier alpha value is -1.67. The second-order valence-electron chi connectivity index (χ2n) is 12.3. The van der Waals surface area contributed by atoms with Crippen molar-refractivity contribution in [2.75, 3.05) is 30.5 Å². The van der Waals surface area contributed by atoms with E-state index < -0.39 is 0 Å². The van der Waals surface area contributed by atoms with Crippen molar-refractivity contribution in [1.82, 2.24) is 24.8 Å². The van der Waals surface area contributed by atoms with Gasteiger partial charge >= 0.3 is 0 Å². The summed E-state index contributed by atoms with van der Waals surface area (Å²) in [4.78, 5) is 20.7. The lowest BCUT2D eigenvalue weighted by Crippen LogP contribution is -2.67.